The normalized spacial score (nSPS) is 10.8. The molecule has 0 bridgehead atoms. The lowest BCUT2D eigenvalue weighted by atomic mass is 10.1. The number of hydrogen-bond donors (Lipinski definition) is 0. The Morgan fingerprint density at radius 2 is 1.67 bits per heavy atom. The first kappa shape index (κ1) is 12.2. The van der Waals surface area contributed by atoms with E-state index in [0.29, 0.717) is 5.56 Å². The second-order valence-corrected chi connectivity index (χ2v) is 3.71. The van der Waals surface area contributed by atoms with Gasteiger partial charge in [0.05, 0.1) is 0 Å². The first-order valence-corrected chi connectivity index (χ1v) is 5.40. The summed E-state index contributed by atoms with van der Waals surface area (Å²) in [6, 6.07) is 12.4. The average Bonchev–Trinajstić information content (AvgIpc) is 2.41. The topological polar surface area (TPSA) is 17.1 Å². The van der Waals surface area contributed by atoms with Crippen molar-refractivity contribution in [1.29, 1.82) is 0 Å². The minimum absolute atomic E-state index is 0.0549. The van der Waals surface area contributed by atoms with Gasteiger partial charge in [-0.05, 0) is 18.2 Å². The van der Waals surface area contributed by atoms with Crippen molar-refractivity contribution in [2.24, 2.45) is 0 Å². The van der Waals surface area contributed by atoms with Gasteiger partial charge < -0.3 is 0 Å². The fraction of sp³-hybridized carbons (Fsp3) is 0. The van der Waals surface area contributed by atoms with Crippen LogP contribution in [0.4, 0.5) is 8.78 Å². The van der Waals surface area contributed by atoms with Gasteiger partial charge in [0.2, 0.25) is 0 Å². The summed E-state index contributed by atoms with van der Waals surface area (Å²) in [5.41, 5.74) is 0.560. The van der Waals surface area contributed by atoms with Gasteiger partial charge in [0, 0.05) is 11.1 Å². The quantitative estimate of drug-likeness (QED) is 0.592. The van der Waals surface area contributed by atoms with Crippen LogP contribution in [0.2, 0.25) is 0 Å². The van der Waals surface area contributed by atoms with E-state index < -0.39 is 11.6 Å². The summed E-state index contributed by atoms with van der Waals surface area (Å²) in [5.74, 6) is -2.13. The predicted octanol–water partition coefficient (Wildman–Crippen LogP) is 3.86. The number of ketones is 1. The Balaban J connectivity index is 2.22. The van der Waals surface area contributed by atoms with E-state index in [4.69, 9.17) is 0 Å². The molecule has 0 N–H and O–H groups in total. The van der Waals surface area contributed by atoms with Crippen molar-refractivity contribution in [3.05, 3.63) is 77.4 Å². The molecule has 0 amide bonds. The molecule has 0 saturated heterocycles. The van der Waals surface area contributed by atoms with Crippen LogP contribution in [0.3, 0.4) is 0 Å². The largest absolute Gasteiger partial charge is 0.289 e. The monoisotopic (exact) mass is 244 g/mol. The van der Waals surface area contributed by atoms with Gasteiger partial charge >= 0.3 is 0 Å². The summed E-state index contributed by atoms with van der Waals surface area (Å²) in [6.07, 6.45) is 2.50. The van der Waals surface area contributed by atoms with Crippen molar-refractivity contribution in [3.63, 3.8) is 0 Å². The van der Waals surface area contributed by atoms with Gasteiger partial charge in [0.1, 0.15) is 0 Å². The zero-order valence-corrected chi connectivity index (χ0v) is 9.44. The van der Waals surface area contributed by atoms with E-state index in [1.807, 2.05) is 0 Å². The van der Waals surface area contributed by atoms with Gasteiger partial charge in [-0.25, -0.2) is 8.78 Å². The highest BCUT2D eigenvalue weighted by atomic mass is 19.2. The summed E-state index contributed by atoms with van der Waals surface area (Å²) in [4.78, 5) is 11.7. The van der Waals surface area contributed by atoms with Gasteiger partial charge in [-0.3, -0.25) is 4.79 Å². The van der Waals surface area contributed by atoms with E-state index in [0.717, 1.165) is 6.07 Å². The SMILES string of the molecule is O=C(/C=C/c1cccc(F)c1F)c1ccccc1. The molecule has 0 fully saturated rings. The molecule has 90 valence electrons. The Morgan fingerprint density at radius 1 is 0.944 bits per heavy atom. The molecule has 0 aliphatic heterocycles. The smallest absolute Gasteiger partial charge is 0.185 e. The molecule has 0 aliphatic carbocycles. The standard InChI is InChI=1S/C15H10F2O/c16-13-8-4-7-12(15(13)17)9-10-14(18)11-5-2-1-3-6-11/h1-10H/b10-9+. The lowest BCUT2D eigenvalue weighted by molar-refractivity contribution is 0.104. The van der Waals surface area contributed by atoms with E-state index >= 15 is 0 Å². The number of halogens is 2. The molecule has 0 aliphatic rings. The molecular formula is C15H10F2O. The molecule has 0 radical (unpaired) electrons. The fourth-order valence-electron chi connectivity index (χ4n) is 1.51. The minimum Gasteiger partial charge on any atom is -0.289 e. The van der Waals surface area contributed by atoms with Crippen molar-refractivity contribution in [2.45, 2.75) is 0 Å². The van der Waals surface area contributed by atoms with Gasteiger partial charge in [0.25, 0.3) is 0 Å². The van der Waals surface area contributed by atoms with Gasteiger partial charge in [-0.15, -0.1) is 0 Å². The molecule has 1 nitrogen and oxygen atoms in total. The Kier molecular flexibility index (Phi) is 3.63. The molecule has 18 heavy (non-hydrogen) atoms. The number of rotatable bonds is 3. The zero-order valence-electron chi connectivity index (χ0n) is 9.44. The molecule has 0 aromatic heterocycles. The molecule has 2 aromatic carbocycles. The molecule has 0 atom stereocenters. The summed E-state index contributed by atoms with van der Waals surface area (Å²) in [5, 5.41) is 0. The summed E-state index contributed by atoms with van der Waals surface area (Å²) in [6.45, 7) is 0. The molecule has 2 aromatic rings. The van der Waals surface area contributed by atoms with Crippen molar-refractivity contribution < 1.29 is 13.6 Å². The van der Waals surface area contributed by atoms with Crippen molar-refractivity contribution in [3.8, 4) is 0 Å². The highest BCUT2D eigenvalue weighted by molar-refractivity contribution is 6.06. The number of benzene rings is 2. The third-order valence-corrected chi connectivity index (χ3v) is 2.45. The second kappa shape index (κ2) is 5.36. The first-order chi connectivity index (χ1) is 8.68. The summed E-state index contributed by atoms with van der Waals surface area (Å²) < 4.78 is 26.2. The van der Waals surface area contributed by atoms with Crippen LogP contribution >= 0.6 is 0 Å². The maximum atomic E-state index is 13.3. The van der Waals surface area contributed by atoms with E-state index in [-0.39, 0.29) is 11.3 Å². The zero-order chi connectivity index (χ0) is 13.0. The molecule has 0 saturated carbocycles. The lowest BCUT2D eigenvalue weighted by Crippen LogP contribution is -1.94. The average molecular weight is 244 g/mol. The van der Waals surface area contributed by atoms with Crippen LogP contribution in [0.25, 0.3) is 6.08 Å². The van der Waals surface area contributed by atoms with Crippen LogP contribution in [0.15, 0.2) is 54.6 Å². The Labute approximate surface area is 103 Å². The lowest BCUT2D eigenvalue weighted by Gasteiger charge is -1.98. The Hall–Kier alpha value is -2.29. The van der Waals surface area contributed by atoms with Crippen LogP contribution in [0.5, 0.6) is 0 Å². The maximum absolute atomic E-state index is 13.3. The maximum Gasteiger partial charge on any atom is 0.185 e. The second-order valence-electron chi connectivity index (χ2n) is 3.71. The summed E-state index contributed by atoms with van der Waals surface area (Å²) in [7, 11) is 0. The molecule has 0 heterocycles. The van der Waals surface area contributed by atoms with Crippen molar-refractivity contribution in [1.82, 2.24) is 0 Å². The van der Waals surface area contributed by atoms with Crippen LogP contribution in [-0.2, 0) is 0 Å². The highest BCUT2D eigenvalue weighted by Crippen LogP contribution is 2.13. The van der Waals surface area contributed by atoms with E-state index in [9.17, 15) is 13.6 Å². The van der Waals surface area contributed by atoms with Gasteiger partial charge in [0.15, 0.2) is 17.4 Å². The molecule has 2 rings (SSSR count). The van der Waals surface area contributed by atoms with E-state index in [2.05, 4.69) is 0 Å². The van der Waals surface area contributed by atoms with Crippen LogP contribution in [-0.4, -0.2) is 5.78 Å². The number of hydrogen-bond acceptors (Lipinski definition) is 1. The number of allylic oxidation sites excluding steroid dienone is 1. The van der Waals surface area contributed by atoms with Gasteiger partial charge in [-0.1, -0.05) is 42.5 Å². The Morgan fingerprint density at radius 3 is 2.39 bits per heavy atom. The predicted molar refractivity (Wildman–Crippen MR) is 66.2 cm³/mol. The van der Waals surface area contributed by atoms with E-state index in [1.54, 1.807) is 30.3 Å². The van der Waals surface area contributed by atoms with Crippen LogP contribution in [0.1, 0.15) is 15.9 Å². The molecule has 0 unspecified atom stereocenters. The van der Waals surface area contributed by atoms with Gasteiger partial charge in [-0.2, -0.15) is 0 Å². The number of carbonyl (C=O) groups excluding carboxylic acids is 1. The fourth-order valence-corrected chi connectivity index (χ4v) is 1.51. The number of carbonyl (C=O) groups is 1. The first-order valence-electron chi connectivity index (χ1n) is 5.40. The Bertz CT molecular complexity index is 589. The van der Waals surface area contributed by atoms with Crippen LogP contribution in [0, 0.1) is 11.6 Å². The van der Waals surface area contributed by atoms with Crippen LogP contribution < -0.4 is 0 Å². The minimum atomic E-state index is -0.949. The van der Waals surface area contributed by atoms with E-state index in [1.165, 1.54) is 24.3 Å². The molecule has 3 heteroatoms. The third kappa shape index (κ3) is 2.69. The van der Waals surface area contributed by atoms with Crippen molar-refractivity contribution in [2.75, 3.05) is 0 Å². The molecule has 0 spiro atoms. The highest BCUT2D eigenvalue weighted by Gasteiger charge is 2.05. The third-order valence-electron chi connectivity index (χ3n) is 2.45. The molecular weight excluding hydrogens is 234 g/mol. The summed E-state index contributed by atoms with van der Waals surface area (Å²) >= 11 is 0. The van der Waals surface area contributed by atoms with Crippen molar-refractivity contribution >= 4 is 11.9 Å².